The van der Waals surface area contributed by atoms with E-state index in [1.165, 1.54) is 18.0 Å². The number of aliphatic hydroxyl groups is 1. The number of hydrogen-bond acceptors (Lipinski definition) is 5. The van der Waals surface area contributed by atoms with Crippen molar-refractivity contribution in [2.24, 2.45) is 0 Å². The average molecular weight is 222 g/mol. The van der Waals surface area contributed by atoms with Gasteiger partial charge in [0.05, 0.1) is 12.3 Å². The molecule has 5 heteroatoms. The van der Waals surface area contributed by atoms with Crippen molar-refractivity contribution in [3.8, 4) is 0 Å². The highest BCUT2D eigenvalue weighted by Crippen LogP contribution is 2.29. The van der Waals surface area contributed by atoms with E-state index in [9.17, 15) is 5.11 Å². The Morgan fingerprint density at radius 2 is 2.27 bits per heavy atom. The molecule has 15 heavy (non-hydrogen) atoms. The maximum absolute atomic E-state index is 9.53. The maximum Gasteiger partial charge on any atom is 0.261 e. The number of aromatic nitrogens is 2. The molecule has 0 aliphatic carbocycles. The highest BCUT2D eigenvalue weighted by Gasteiger charge is 2.11. The Kier molecular flexibility index (Phi) is 3.03. The van der Waals surface area contributed by atoms with Crippen LogP contribution >= 0.6 is 11.8 Å². The molecule has 1 N–H and O–H groups in total. The zero-order valence-corrected chi connectivity index (χ0v) is 8.94. The van der Waals surface area contributed by atoms with E-state index in [1.54, 1.807) is 25.4 Å². The Morgan fingerprint density at radius 1 is 1.40 bits per heavy atom. The van der Waals surface area contributed by atoms with Gasteiger partial charge in [-0.25, -0.2) is 9.97 Å². The Morgan fingerprint density at radius 3 is 2.93 bits per heavy atom. The van der Waals surface area contributed by atoms with Crippen LogP contribution in [-0.4, -0.2) is 15.1 Å². The Bertz CT molecular complexity index is 429. The minimum absolute atomic E-state index is 0.524. The first kappa shape index (κ1) is 10.2. The topological polar surface area (TPSA) is 59.2 Å². The van der Waals surface area contributed by atoms with Crippen molar-refractivity contribution >= 4 is 11.8 Å². The summed E-state index contributed by atoms with van der Waals surface area (Å²) in [6.07, 6.45) is 4.22. The molecule has 2 rings (SSSR count). The number of pyridine rings is 1. The number of oxazole rings is 1. The standard InChI is InChI=1S/C10H10N2O2S/c1-7(13)8-3-2-4-11-9(8)15-10-12-5-6-14-10/h2-7,13H,1H3. The van der Waals surface area contributed by atoms with Gasteiger partial charge in [-0.05, 0) is 24.8 Å². The lowest BCUT2D eigenvalue weighted by molar-refractivity contribution is 0.195. The van der Waals surface area contributed by atoms with E-state index in [2.05, 4.69) is 9.97 Å². The largest absolute Gasteiger partial charge is 0.440 e. The maximum atomic E-state index is 9.53. The number of rotatable bonds is 3. The van der Waals surface area contributed by atoms with Crippen LogP contribution in [0.2, 0.25) is 0 Å². The fraction of sp³-hybridized carbons (Fsp3) is 0.200. The molecule has 0 aromatic carbocycles. The lowest BCUT2D eigenvalue weighted by Gasteiger charge is -2.07. The monoisotopic (exact) mass is 222 g/mol. The van der Waals surface area contributed by atoms with Crippen LogP contribution in [0.1, 0.15) is 18.6 Å². The van der Waals surface area contributed by atoms with Gasteiger partial charge >= 0.3 is 0 Å². The molecular weight excluding hydrogens is 212 g/mol. The van der Waals surface area contributed by atoms with Crippen LogP contribution in [0.15, 0.2) is 45.5 Å². The second kappa shape index (κ2) is 4.46. The fourth-order valence-electron chi connectivity index (χ4n) is 1.15. The molecule has 2 aromatic heterocycles. The molecule has 0 saturated heterocycles. The number of aliphatic hydroxyl groups excluding tert-OH is 1. The number of hydrogen-bond donors (Lipinski definition) is 1. The van der Waals surface area contributed by atoms with Gasteiger partial charge in [0.1, 0.15) is 11.3 Å². The van der Waals surface area contributed by atoms with Crippen molar-refractivity contribution in [1.82, 2.24) is 9.97 Å². The molecule has 4 nitrogen and oxygen atoms in total. The molecule has 1 atom stereocenters. The molecule has 2 heterocycles. The van der Waals surface area contributed by atoms with Crippen molar-refractivity contribution in [3.05, 3.63) is 36.4 Å². The average Bonchev–Trinajstić information content (AvgIpc) is 2.71. The summed E-state index contributed by atoms with van der Waals surface area (Å²) in [6, 6.07) is 3.63. The predicted molar refractivity (Wildman–Crippen MR) is 55.5 cm³/mol. The van der Waals surface area contributed by atoms with Crippen molar-refractivity contribution < 1.29 is 9.52 Å². The molecule has 0 aliphatic heterocycles. The van der Waals surface area contributed by atoms with E-state index in [1.807, 2.05) is 6.07 Å². The van der Waals surface area contributed by atoms with E-state index in [0.29, 0.717) is 5.22 Å². The van der Waals surface area contributed by atoms with Gasteiger partial charge in [-0.15, -0.1) is 0 Å². The molecule has 0 bridgehead atoms. The SMILES string of the molecule is CC(O)c1cccnc1Sc1ncco1. The van der Waals surface area contributed by atoms with Crippen molar-refractivity contribution in [2.75, 3.05) is 0 Å². The zero-order chi connectivity index (χ0) is 10.7. The smallest absolute Gasteiger partial charge is 0.261 e. The predicted octanol–water partition coefficient (Wildman–Crippen LogP) is 2.27. The molecule has 0 aliphatic rings. The van der Waals surface area contributed by atoms with E-state index >= 15 is 0 Å². The zero-order valence-electron chi connectivity index (χ0n) is 8.12. The summed E-state index contributed by atoms with van der Waals surface area (Å²) in [7, 11) is 0. The first-order chi connectivity index (χ1) is 7.27. The van der Waals surface area contributed by atoms with Gasteiger partial charge in [-0.3, -0.25) is 0 Å². The highest BCUT2D eigenvalue weighted by atomic mass is 32.2. The molecule has 78 valence electrons. The third-order valence-electron chi connectivity index (χ3n) is 1.84. The van der Waals surface area contributed by atoms with Crippen LogP contribution in [0.4, 0.5) is 0 Å². The molecule has 2 aromatic rings. The van der Waals surface area contributed by atoms with Crippen LogP contribution in [0.3, 0.4) is 0 Å². The second-order valence-corrected chi connectivity index (χ2v) is 3.91. The Labute approximate surface area is 91.4 Å². The van der Waals surface area contributed by atoms with Crippen LogP contribution in [0.25, 0.3) is 0 Å². The van der Waals surface area contributed by atoms with Crippen LogP contribution in [-0.2, 0) is 0 Å². The van der Waals surface area contributed by atoms with E-state index in [-0.39, 0.29) is 0 Å². The van der Waals surface area contributed by atoms with Gasteiger partial charge in [0.15, 0.2) is 0 Å². The van der Waals surface area contributed by atoms with E-state index in [0.717, 1.165) is 10.6 Å². The summed E-state index contributed by atoms with van der Waals surface area (Å²) in [4.78, 5) is 8.16. The molecule has 0 fully saturated rings. The molecule has 0 amide bonds. The summed E-state index contributed by atoms with van der Waals surface area (Å²) >= 11 is 1.30. The third kappa shape index (κ3) is 2.37. The lowest BCUT2D eigenvalue weighted by Crippen LogP contribution is -1.95. The first-order valence-electron chi connectivity index (χ1n) is 4.47. The third-order valence-corrected chi connectivity index (χ3v) is 2.76. The van der Waals surface area contributed by atoms with Crippen molar-refractivity contribution in [3.63, 3.8) is 0 Å². The number of nitrogens with zero attached hydrogens (tertiary/aromatic N) is 2. The molecule has 0 saturated carbocycles. The lowest BCUT2D eigenvalue weighted by atomic mass is 10.2. The second-order valence-electron chi connectivity index (χ2n) is 2.97. The van der Waals surface area contributed by atoms with Crippen molar-refractivity contribution in [2.45, 2.75) is 23.3 Å². The van der Waals surface area contributed by atoms with Crippen molar-refractivity contribution in [1.29, 1.82) is 0 Å². The summed E-state index contributed by atoms with van der Waals surface area (Å²) in [6.45, 7) is 1.70. The Hall–Kier alpha value is -1.33. The summed E-state index contributed by atoms with van der Waals surface area (Å²) in [5.41, 5.74) is 0.778. The van der Waals surface area contributed by atoms with Crippen LogP contribution in [0.5, 0.6) is 0 Å². The van der Waals surface area contributed by atoms with Crippen LogP contribution in [0, 0.1) is 0 Å². The molecule has 0 radical (unpaired) electrons. The summed E-state index contributed by atoms with van der Waals surface area (Å²) < 4.78 is 5.10. The normalized spacial score (nSPS) is 12.7. The van der Waals surface area contributed by atoms with Gasteiger partial charge in [-0.1, -0.05) is 6.07 Å². The minimum Gasteiger partial charge on any atom is -0.440 e. The molecule has 0 spiro atoms. The molecule has 1 unspecified atom stereocenters. The molecular formula is C10H10N2O2S. The van der Waals surface area contributed by atoms with E-state index in [4.69, 9.17) is 4.42 Å². The minimum atomic E-state index is -0.545. The Balaban J connectivity index is 2.28. The van der Waals surface area contributed by atoms with Crippen LogP contribution < -0.4 is 0 Å². The summed E-state index contributed by atoms with van der Waals surface area (Å²) in [5.74, 6) is 0. The van der Waals surface area contributed by atoms with Gasteiger partial charge in [0.25, 0.3) is 5.22 Å². The highest BCUT2D eigenvalue weighted by molar-refractivity contribution is 7.99. The van der Waals surface area contributed by atoms with E-state index < -0.39 is 6.10 Å². The van der Waals surface area contributed by atoms with Gasteiger partial charge in [-0.2, -0.15) is 0 Å². The first-order valence-corrected chi connectivity index (χ1v) is 5.29. The quantitative estimate of drug-likeness (QED) is 0.863. The van der Waals surface area contributed by atoms with Gasteiger partial charge < -0.3 is 9.52 Å². The fourth-order valence-corrected chi connectivity index (χ4v) is 2.00. The summed E-state index contributed by atoms with van der Waals surface area (Å²) in [5, 5.41) is 10.8. The van der Waals surface area contributed by atoms with Gasteiger partial charge in [0.2, 0.25) is 0 Å². The van der Waals surface area contributed by atoms with Gasteiger partial charge in [0, 0.05) is 11.8 Å².